The molecule has 0 aliphatic rings. The van der Waals surface area contributed by atoms with E-state index < -0.39 is 19.8 Å². The van der Waals surface area contributed by atoms with Crippen molar-refractivity contribution in [2.45, 2.75) is 6.92 Å². The second-order valence-corrected chi connectivity index (χ2v) is 9.13. The lowest BCUT2D eigenvalue weighted by atomic mass is 10.2. The van der Waals surface area contributed by atoms with Gasteiger partial charge >= 0.3 is 19.8 Å². The van der Waals surface area contributed by atoms with Crippen LogP contribution in [0.15, 0.2) is 24.3 Å². The average molecular weight is 424 g/mol. The van der Waals surface area contributed by atoms with Gasteiger partial charge in [0.25, 0.3) is 0 Å². The smallest absolute Gasteiger partial charge is 0.461 e. The van der Waals surface area contributed by atoms with E-state index in [4.69, 9.17) is 14.0 Å². The van der Waals surface area contributed by atoms with Gasteiger partial charge in [0.15, 0.2) is 0 Å². The fraction of sp³-hybridized carbons (Fsp3) is 0.467. The molecule has 0 spiro atoms. The van der Waals surface area contributed by atoms with Gasteiger partial charge in [-0.1, -0.05) is 27.7 Å². The number of hydrogen-bond acceptors (Lipinski definition) is 10. The molecule has 0 heterocycles. The van der Waals surface area contributed by atoms with Crippen LogP contribution in [0.4, 0.5) is 0 Å². The second kappa shape index (κ2) is 12.4. The number of esters is 2. The van der Waals surface area contributed by atoms with Crippen LogP contribution in [-0.2, 0) is 27.7 Å². The van der Waals surface area contributed by atoms with E-state index in [0.29, 0.717) is 22.8 Å². The minimum absolute atomic E-state index is 0.208. The Kier molecular flexibility index (Phi) is 11.0. The summed E-state index contributed by atoms with van der Waals surface area (Å²) in [4.78, 5) is 22.9. The van der Waals surface area contributed by atoms with Crippen molar-refractivity contribution in [3.05, 3.63) is 29.8 Å². The molecule has 0 aromatic heterocycles. The first-order valence-corrected chi connectivity index (χ1v) is 11.4. The summed E-state index contributed by atoms with van der Waals surface area (Å²) in [7, 11) is 2.05. The SMILES string of the molecule is COP(=O)(OC)OCCSSCCOC(=O)c1cccc(OC(C)=O)c1. The van der Waals surface area contributed by atoms with E-state index >= 15 is 0 Å². The summed E-state index contributed by atoms with van der Waals surface area (Å²) in [6, 6.07) is 6.22. The van der Waals surface area contributed by atoms with Crippen molar-refractivity contribution in [2.75, 3.05) is 38.9 Å². The summed E-state index contributed by atoms with van der Waals surface area (Å²) >= 11 is 0. The number of hydrogen-bond donors (Lipinski definition) is 0. The monoisotopic (exact) mass is 424 g/mol. The van der Waals surface area contributed by atoms with E-state index in [2.05, 4.69) is 9.05 Å². The van der Waals surface area contributed by atoms with Crippen LogP contribution in [0.25, 0.3) is 0 Å². The molecule has 0 aliphatic heterocycles. The van der Waals surface area contributed by atoms with Gasteiger partial charge in [0.2, 0.25) is 0 Å². The van der Waals surface area contributed by atoms with Crippen molar-refractivity contribution >= 4 is 41.3 Å². The molecule has 0 amide bonds. The Labute approximate surface area is 160 Å². The van der Waals surface area contributed by atoms with Gasteiger partial charge in [-0.3, -0.25) is 18.4 Å². The number of benzene rings is 1. The number of ether oxygens (including phenoxy) is 2. The van der Waals surface area contributed by atoms with Crippen molar-refractivity contribution in [1.82, 2.24) is 0 Å². The Hall–Kier alpha value is -1.03. The lowest BCUT2D eigenvalue weighted by molar-refractivity contribution is -0.131. The molecule has 0 atom stereocenters. The van der Waals surface area contributed by atoms with Gasteiger partial charge in [-0.2, -0.15) is 0 Å². The highest BCUT2D eigenvalue weighted by Gasteiger charge is 2.21. The molecule has 26 heavy (non-hydrogen) atoms. The van der Waals surface area contributed by atoms with E-state index in [1.165, 1.54) is 48.8 Å². The molecular weight excluding hydrogens is 403 g/mol. The Morgan fingerprint density at radius 3 is 2.35 bits per heavy atom. The zero-order valence-electron chi connectivity index (χ0n) is 14.7. The maximum atomic E-state index is 11.9. The third kappa shape index (κ3) is 9.07. The van der Waals surface area contributed by atoms with Crippen LogP contribution in [0.5, 0.6) is 5.75 Å². The fourth-order valence-electron chi connectivity index (χ4n) is 1.59. The van der Waals surface area contributed by atoms with Crippen molar-refractivity contribution in [3.8, 4) is 5.75 Å². The van der Waals surface area contributed by atoms with Crippen LogP contribution in [0.2, 0.25) is 0 Å². The van der Waals surface area contributed by atoms with E-state index in [1.54, 1.807) is 18.2 Å². The molecule has 1 aromatic rings. The molecule has 11 heteroatoms. The molecule has 0 radical (unpaired) electrons. The van der Waals surface area contributed by atoms with Gasteiger partial charge < -0.3 is 9.47 Å². The normalized spacial score (nSPS) is 11.2. The average Bonchev–Trinajstić information content (AvgIpc) is 2.63. The van der Waals surface area contributed by atoms with Crippen LogP contribution in [0.1, 0.15) is 17.3 Å². The molecule has 0 fully saturated rings. The van der Waals surface area contributed by atoms with Crippen LogP contribution in [0, 0.1) is 0 Å². The van der Waals surface area contributed by atoms with Crippen molar-refractivity contribution < 1.29 is 37.2 Å². The molecule has 1 aromatic carbocycles. The molecule has 0 saturated heterocycles. The number of carbonyl (C=O) groups is 2. The highest BCUT2D eigenvalue weighted by molar-refractivity contribution is 8.76. The minimum atomic E-state index is -3.43. The summed E-state index contributed by atoms with van der Waals surface area (Å²) < 4.78 is 36.0. The molecule has 0 unspecified atom stereocenters. The summed E-state index contributed by atoms with van der Waals surface area (Å²) in [6.07, 6.45) is 0. The topological polar surface area (TPSA) is 97.4 Å². The van der Waals surface area contributed by atoms with Crippen LogP contribution >= 0.6 is 29.4 Å². The highest BCUT2D eigenvalue weighted by atomic mass is 33.1. The summed E-state index contributed by atoms with van der Waals surface area (Å²) in [5.74, 6) is 0.488. The number of carbonyl (C=O) groups excluding carboxylic acids is 2. The quantitative estimate of drug-likeness (QED) is 0.163. The van der Waals surface area contributed by atoms with Gasteiger partial charge in [-0.05, 0) is 18.2 Å². The maximum absolute atomic E-state index is 11.9. The molecule has 0 N–H and O–H groups in total. The van der Waals surface area contributed by atoms with Gasteiger partial charge in [-0.15, -0.1) is 0 Å². The molecule has 1 rings (SSSR count). The highest BCUT2D eigenvalue weighted by Crippen LogP contribution is 2.47. The zero-order chi connectivity index (χ0) is 19.4. The molecule has 0 aliphatic carbocycles. The fourth-order valence-corrected chi connectivity index (χ4v) is 4.04. The Morgan fingerprint density at radius 2 is 1.73 bits per heavy atom. The van der Waals surface area contributed by atoms with Crippen molar-refractivity contribution in [2.24, 2.45) is 0 Å². The summed E-state index contributed by atoms with van der Waals surface area (Å²) in [5.41, 5.74) is 0.310. The van der Waals surface area contributed by atoms with Crippen molar-refractivity contribution in [1.29, 1.82) is 0 Å². The van der Waals surface area contributed by atoms with E-state index in [-0.39, 0.29) is 13.2 Å². The van der Waals surface area contributed by atoms with Gasteiger partial charge in [0, 0.05) is 32.6 Å². The molecular formula is C15H21O8PS2. The summed E-state index contributed by atoms with van der Waals surface area (Å²) in [5, 5.41) is 0. The molecule has 146 valence electrons. The van der Waals surface area contributed by atoms with Gasteiger partial charge in [0.1, 0.15) is 12.4 Å². The van der Waals surface area contributed by atoms with Crippen LogP contribution in [-0.4, -0.2) is 50.9 Å². The predicted octanol–water partition coefficient (Wildman–Crippen LogP) is 3.57. The third-order valence-electron chi connectivity index (χ3n) is 2.68. The lowest BCUT2D eigenvalue weighted by Crippen LogP contribution is -2.08. The Morgan fingerprint density at radius 1 is 1.08 bits per heavy atom. The lowest BCUT2D eigenvalue weighted by Gasteiger charge is -2.12. The standard InChI is InChI=1S/C15H21O8PS2/c1-12(16)23-14-6-4-5-13(11-14)15(17)21-7-9-25-26-10-8-22-24(18,19-2)20-3/h4-6,11H,7-10H2,1-3H3. The van der Waals surface area contributed by atoms with E-state index in [9.17, 15) is 14.2 Å². The second-order valence-electron chi connectivity index (χ2n) is 4.55. The Balaban J connectivity index is 2.19. The molecule has 8 nitrogen and oxygen atoms in total. The first-order chi connectivity index (χ1) is 12.4. The van der Waals surface area contributed by atoms with E-state index in [0.717, 1.165) is 0 Å². The van der Waals surface area contributed by atoms with E-state index in [1.807, 2.05) is 0 Å². The number of phosphoric acid groups is 1. The third-order valence-corrected chi connectivity index (χ3v) is 6.40. The first-order valence-electron chi connectivity index (χ1n) is 7.46. The largest absolute Gasteiger partial charge is 0.474 e. The first kappa shape index (κ1) is 23.0. The van der Waals surface area contributed by atoms with Gasteiger partial charge in [-0.25, -0.2) is 9.36 Å². The molecule has 0 saturated carbocycles. The van der Waals surface area contributed by atoms with Crippen LogP contribution < -0.4 is 4.74 Å². The zero-order valence-corrected chi connectivity index (χ0v) is 17.2. The maximum Gasteiger partial charge on any atom is 0.474 e. The van der Waals surface area contributed by atoms with Gasteiger partial charge in [0.05, 0.1) is 12.2 Å². The predicted molar refractivity (Wildman–Crippen MR) is 101 cm³/mol. The Bertz CT molecular complexity index is 632. The van der Waals surface area contributed by atoms with Crippen molar-refractivity contribution in [3.63, 3.8) is 0 Å². The number of phosphoric ester groups is 1. The molecule has 0 bridgehead atoms. The number of rotatable bonds is 12. The minimum Gasteiger partial charge on any atom is -0.461 e. The summed E-state index contributed by atoms with van der Waals surface area (Å²) in [6.45, 7) is 1.72. The van der Waals surface area contributed by atoms with Crippen LogP contribution in [0.3, 0.4) is 0 Å².